The maximum Gasteiger partial charge on any atom is 0.270 e. The third kappa shape index (κ3) is 3.78. The number of carbonyl (C=O) groups excluding carboxylic acids is 2. The molecule has 0 spiro atoms. The van der Waals surface area contributed by atoms with Crippen molar-refractivity contribution in [2.45, 2.75) is 19.8 Å². The zero-order chi connectivity index (χ0) is 18.8. The van der Waals surface area contributed by atoms with Crippen LogP contribution in [-0.4, -0.2) is 39.6 Å². The summed E-state index contributed by atoms with van der Waals surface area (Å²) in [6.45, 7) is 3.22. The quantitative estimate of drug-likeness (QED) is 0.646. The fourth-order valence-corrected chi connectivity index (χ4v) is 3.87. The van der Waals surface area contributed by atoms with Crippen LogP contribution in [0.3, 0.4) is 0 Å². The van der Waals surface area contributed by atoms with E-state index >= 15 is 0 Å². The van der Waals surface area contributed by atoms with Gasteiger partial charge in [-0.25, -0.2) is 4.98 Å². The molecular weight excluding hydrogens is 360 g/mol. The Morgan fingerprint density at radius 1 is 1.19 bits per heavy atom. The lowest BCUT2D eigenvalue weighted by atomic mass is 10.1. The molecule has 1 aromatic carbocycles. The average Bonchev–Trinajstić information content (AvgIpc) is 3.42. The number of hydrogen-bond acceptors (Lipinski definition) is 5. The number of hydrogen-bond donors (Lipinski definition) is 2. The fourth-order valence-electron chi connectivity index (χ4n) is 3.13. The van der Waals surface area contributed by atoms with E-state index in [0.717, 1.165) is 48.0 Å². The van der Waals surface area contributed by atoms with Crippen LogP contribution in [0.5, 0.6) is 0 Å². The topological polar surface area (TPSA) is 78.1 Å². The normalized spacial score (nSPS) is 13.7. The molecule has 3 heterocycles. The minimum absolute atomic E-state index is 0.0461. The highest BCUT2D eigenvalue weighted by Gasteiger charge is 2.21. The number of likely N-dealkylation sites (tertiary alicyclic amines) is 1. The Morgan fingerprint density at radius 2 is 1.93 bits per heavy atom. The number of benzene rings is 1. The molecular formula is C20H20N4O2S. The van der Waals surface area contributed by atoms with Crippen LogP contribution in [0.25, 0.3) is 11.3 Å². The standard InChI is InChI=1S/C20H20N4O2S/c1-13(25)14-4-6-16(7-5-14)22-20-23-18(12-27-20)15-10-17(21-11-15)19(26)24-8-2-3-9-24/h4-7,10-12,21H,2-3,8-9H2,1H3,(H,22,23). The summed E-state index contributed by atoms with van der Waals surface area (Å²) < 4.78 is 0. The van der Waals surface area contributed by atoms with Crippen molar-refractivity contribution in [3.63, 3.8) is 0 Å². The molecule has 1 aliphatic rings. The first kappa shape index (κ1) is 17.5. The zero-order valence-corrected chi connectivity index (χ0v) is 15.8. The number of ketones is 1. The van der Waals surface area contributed by atoms with Gasteiger partial charge in [-0.15, -0.1) is 11.3 Å². The van der Waals surface area contributed by atoms with Crippen LogP contribution in [0.1, 0.15) is 40.6 Å². The molecule has 0 unspecified atom stereocenters. The fraction of sp³-hybridized carbons (Fsp3) is 0.250. The number of Topliss-reactive ketones (excluding diaryl/α,β-unsaturated/α-hetero) is 1. The molecule has 1 fully saturated rings. The van der Waals surface area contributed by atoms with Crippen LogP contribution < -0.4 is 5.32 Å². The first-order valence-corrected chi connectivity index (χ1v) is 9.80. The van der Waals surface area contributed by atoms with Gasteiger partial charge in [0, 0.05) is 41.5 Å². The summed E-state index contributed by atoms with van der Waals surface area (Å²) in [6.07, 6.45) is 3.98. The van der Waals surface area contributed by atoms with Gasteiger partial charge in [-0.05, 0) is 50.1 Å². The van der Waals surface area contributed by atoms with Crippen LogP contribution in [-0.2, 0) is 0 Å². The molecule has 4 rings (SSSR count). The summed E-state index contributed by atoms with van der Waals surface area (Å²) in [7, 11) is 0. The Morgan fingerprint density at radius 3 is 2.63 bits per heavy atom. The van der Waals surface area contributed by atoms with Crippen LogP contribution in [0, 0.1) is 0 Å². The Kier molecular flexibility index (Phi) is 4.77. The van der Waals surface area contributed by atoms with Crippen LogP contribution in [0.4, 0.5) is 10.8 Å². The lowest BCUT2D eigenvalue weighted by molar-refractivity contribution is 0.0787. The lowest BCUT2D eigenvalue weighted by Crippen LogP contribution is -2.27. The largest absolute Gasteiger partial charge is 0.357 e. The molecule has 138 valence electrons. The highest BCUT2D eigenvalue weighted by Crippen LogP contribution is 2.28. The molecule has 1 saturated heterocycles. The molecule has 0 aliphatic carbocycles. The summed E-state index contributed by atoms with van der Waals surface area (Å²) in [5.74, 6) is 0.0997. The number of carbonyl (C=O) groups is 2. The van der Waals surface area contributed by atoms with Gasteiger partial charge in [0.2, 0.25) is 0 Å². The predicted molar refractivity (Wildman–Crippen MR) is 107 cm³/mol. The number of nitrogens with one attached hydrogen (secondary N) is 2. The number of rotatable bonds is 5. The first-order chi connectivity index (χ1) is 13.1. The van der Waals surface area contributed by atoms with Gasteiger partial charge in [-0.3, -0.25) is 9.59 Å². The molecule has 7 heteroatoms. The van der Waals surface area contributed by atoms with E-state index in [9.17, 15) is 9.59 Å². The maximum absolute atomic E-state index is 12.5. The van der Waals surface area contributed by atoms with Gasteiger partial charge in [0.1, 0.15) is 5.69 Å². The highest BCUT2D eigenvalue weighted by molar-refractivity contribution is 7.14. The van der Waals surface area contributed by atoms with Crippen molar-refractivity contribution in [2.75, 3.05) is 18.4 Å². The first-order valence-electron chi connectivity index (χ1n) is 8.92. The van der Waals surface area contributed by atoms with E-state index in [-0.39, 0.29) is 11.7 Å². The molecule has 3 aromatic rings. The number of aromatic nitrogens is 2. The molecule has 2 aromatic heterocycles. The third-order valence-corrected chi connectivity index (χ3v) is 5.41. The SMILES string of the molecule is CC(=O)c1ccc(Nc2nc(-c3c[nH]c(C(=O)N4CCCC4)c3)cs2)cc1. The zero-order valence-electron chi connectivity index (χ0n) is 15.0. The van der Waals surface area contributed by atoms with Gasteiger partial charge in [-0.2, -0.15) is 0 Å². The van der Waals surface area contributed by atoms with E-state index in [1.807, 2.05) is 34.7 Å². The minimum Gasteiger partial charge on any atom is -0.357 e. The summed E-state index contributed by atoms with van der Waals surface area (Å²) in [4.78, 5) is 33.4. The second-order valence-electron chi connectivity index (χ2n) is 6.60. The number of amides is 1. The Hall–Kier alpha value is -2.93. The smallest absolute Gasteiger partial charge is 0.270 e. The van der Waals surface area contributed by atoms with Crippen LogP contribution in [0.2, 0.25) is 0 Å². The molecule has 1 amide bonds. The molecule has 6 nitrogen and oxygen atoms in total. The Bertz CT molecular complexity index is 968. The molecule has 27 heavy (non-hydrogen) atoms. The van der Waals surface area contributed by atoms with Crippen molar-refractivity contribution < 1.29 is 9.59 Å². The Balaban J connectivity index is 1.46. The van der Waals surface area contributed by atoms with Gasteiger partial charge in [0.05, 0.1) is 5.69 Å². The molecule has 2 N–H and O–H groups in total. The number of thiazole rings is 1. The minimum atomic E-state index is 0.0461. The van der Waals surface area contributed by atoms with Crippen molar-refractivity contribution in [3.05, 3.63) is 53.2 Å². The number of nitrogens with zero attached hydrogens (tertiary/aromatic N) is 2. The molecule has 0 radical (unpaired) electrons. The van der Waals surface area contributed by atoms with E-state index in [0.29, 0.717) is 11.3 Å². The van der Waals surface area contributed by atoms with Crippen molar-refractivity contribution in [1.29, 1.82) is 0 Å². The van der Waals surface area contributed by atoms with E-state index < -0.39 is 0 Å². The van der Waals surface area contributed by atoms with Crippen LogP contribution >= 0.6 is 11.3 Å². The molecule has 1 aliphatic heterocycles. The highest BCUT2D eigenvalue weighted by atomic mass is 32.1. The van der Waals surface area contributed by atoms with Crippen molar-refractivity contribution in [2.24, 2.45) is 0 Å². The van der Waals surface area contributed by atoms with Gasteiger partial charge < -0.3 is 15.2 Å². The van der Waals surface area contributed by atoms with Crippen molar-refractivity contribution in [1.82, 2.24) is 14.9 Å². The van der Waals surface area contributed by atoms with Crippen molar-refractivity contribution in [3.8, 4) is 11.3 Å². The molecule has 0 bridgehead atoms. The second-order valence-corrected chi connectivity index (χ2v) is 7.46. The summed E-state index contributed by atoms with van der Waals surface area (Å²) in [5, 5.41) is 5.96. The van der Waals surface area contributed by atoms with Crippen LogP contribution in [0.15, 0.2) is 41.9 Å². The maximum atomic E-state index is 12.5. The second kappa shape index (κ2) is 7.36. The summed E-state index contributed by atoms with van der Waals surface area (Å²) in [5.41, 5.74) is 3.88. The van der Waals surface area contributed by atoms with E-state index in [2.05, 4.69) is 15.3 Å². The van der Waals surface area contributed by atoms with Gasteiger partial charge in [0.15, 0.2) is 10.9 Å². The van der Waals surface area contributed by atoms with Gasteiger partial charge in [0.25, 0.3) is 5.91 Å². The number of H-pyrrole nitrogens is 1. The average molecular weight is 380 g/mol. The lowest BCUT2D eigenvalue weighted by Gasteiger charge is -2.13. The van der Waals surface area contributed by atoms with E-state index in [4.69, 9.17) is 0 Å². The van der Waals surface area contributed by atoms with E-state index in [1.54, 1.807) is 19.1 Å². The predicted octanol–water partition coefficient (Wildman–Crippen LogP) is 4.32. The summed E-state index contributed by atoms with van der Waals surface area (Å²) >= 11 is 1.49. The Labute approximate surface area is 161 Å². The number of anilines is 2. The van der Waals surface area contributed by atoms with Gasteiger partial charge >= 0.3 is 0 Å². The third-order valence-electron chi connectivity index (χ3n) is 4.65. The van der Waals surface area contributed by atoms with E-state index in [1.165, 1.54) is 11.3 Å². The van der Waals surface area contributed by atoms with Gasteiger partial charge in [-0.1, -0.05) is 0 Å². The molecule has 0 saturated carbocycles. The monoisotopic (exact) mass is 380 g/mol. The molecule has 0 atom stereocenters. The number of aromatic amines is 1. The summed E-state index contributed by atoms with van der Waals surface area (Å²) in [6, 6.07) is 9.17. The van der Waals surface area contributed by atoms with Crippen molar-refractivity contribution >= 4 is 33.8 Å².